The fourth-order valence-corrected chi connectivity index (χ4v) is 4.38. The molecule has 8 heteroatoms. The summed E-state index contributed by atoms with van der Waals surface area (Å²) in [4.78, 5) is 6.45. The first-order valence-corrected chi connectivity index (χ1v) is 11.0. The molecule has 0 spiro atoms. The van der Waals surface area contributed by atoms with E-state index in [2.05, 4.69) is 15.5 Å². The Balaban J connectivity index is 1.65. The first kappa shape index (κ1) is 21.3. The number of thiocarbonyl (C=S) groups is 1. The predicted octanol–water partition coefficient (Wildman–Crippen LogP) is 6.40. The number of nitrogens with zero attached hydrogens (tertiary/aromatic N) is 3. The molecule has 33 heavy (non-hydrogen) atoms. The van der Waals surface area contributed by atoms with Gasteiger partial charge in [0, 0.05) is 16.3 Å². The number of hydrogen-bond donors (Lipinski definition) is 1. The van der Waals surface area contributed by atoms with Crippen LogP contribution in [0.1, 0.15) is 24.4 Å². The molecule has 0 radical (unpaired) electrons. The Hall–Kier alpha value is -3.55. The van der Waals surface area contributed by atoms with Gasteiger partial charge in [-0.2, -0.15) is 4.98 Å². The van der Waals surface area contributed by atoms with E-state index in [1.54, 1.807) is 29.2 Å². The number of nitrogens with one attached hydrogen (secondary N) is 1. The molecular formula is C25H18ClFN4OS. The first-order chi connectivity index (χ1) is 16.0. The Morgan fingerprint density at radius 3 is 2.52 bits per heavy atom. The Labute approximate surface area is 200 Å². The average Bonchev–Trinajstić information content (AvgIpc) is 3.29. The highest BCUT2D eigenvalue weighted by atomic mass is 35.5. The number of aromatic nitrogens is 2. The Morgan fingerprint density at radius 2 is 1.79 bits per heavy atom. The molecule has 1 N–H and O–H groups in total. The SMILES string of the molecule is CC1=C(c2nc(-c3ccc(Cl)cc3)no2)C(c2ccccc2)NC(=S)N1c1cccc(F)c1. The zero-order valence-corrected chi connectivity index (χ0v) is 19.1. The average molecular weight is 477 g/mol. The van der Waals surface area contributed by atoms with Gasteiger partial charge >= 0.3 is 0 Å². The van der Waals surface area contributed by atoms with Crippen molar-refractivity contribution in [2.24, 2.45) is 0 Å². The summed E-state index contributed by atoms with van der Waals surface area (Å²) in [5, 5.41) is 8.63. The lowest BCUT2D eigenvalue weighted by Crippen LogP contribution is -2.46. The van der Waals surface area contributed by atoms with Gasteiger partial charge in [-0.1, -0.05) is 53.2 Å². The smallest absolute Gasteiger partial charge is 0.258 e. The van der Waals surface area contributed by atoms with Crippen LogP contribution in [0.5, 0.6) is 0 Å². The van der Waals surface area contributed by atoms with Gasteiger partial charge in [0.15, 0.2) is 5.11 Å². The molecule has 1 aliphatic rings. The molecule has 5 rings (SSSR count). The zero-order valence-electron chi connectivity index (χ0n) is 17.5. The van der Waals surface area contributed by atoms with Gasteiger partial charge in [0.2, 0.25) is 5.82 Å². The molecule has 4 aromatic rings. The molecule has 1 unspecified atom stereocenters. The minimum Gasteiger partial charge on any atom is -0.351 e. The highest BCUT2D eigenvalue weighted by Gasteiger charge is 2.34. The van der Waals surface area contributed by atoms with Crippen molar-refractivity contribution in [3.8, 4) is 11.4 Å². The molecule has 0 saturated heterocycles. The lowest BCUT2D eigenvalue weighted by Gasteiger charge is -2.37. The number of benzene rings is 3. The lowest BCUT2D eigenvalue weighted by atomic mass is 9.94. The van der Waals surface area contributed by atoms with Crippen LogP contribution in [0, 0.1) is 5.82 Å². The first-order valence-electron chi connectivity index (χ1n) is 10.2. The van der Waals surface area contributed by atoms with E-state index in [0.29, 0.717) is 27.5 Å². The van der Waals surface area contributed by atoms with Crippen LogP contribution in [0.4, 0.5) is 10.1 Å². The summed E-state index contributed by atoms with van der Waals surface area (Å²) in [7, 11) is 0. The van der Waals surface area contributed by atoms with Gasteiger partial charge in [-0.05, 0) is 67.2 Å². The van der Waals surface area contributed by atoms with Crippen LogP contribution in [0.25, 0.3) is 17.0 Å². The third kappa shape index (κ3) is 4.13. The van der Waals surface area contributed by atoms with E-state index in [4.69, 9.17) is 28.3 Å². The van der Waals surface area contributed by atoms with E-state index in [-0.39, 0.29) is 11.9 Å². The number of rotatable bonds is 4. The largest absolute Gasteiger partial charge is 0.351 e. The summed E-state index contributed by atoms with van der Waals surface area (Å²) in [6.45, 7) is 1.91. The third-order valence-electron chi connectivity index (χ3n) is 5.44. The molecule has 0 fully saturated rings. The number of allylic oxidation sites excluding steroid dienone is 1. The topological polar surface area (TPSA) is 54.2 Å². The van der Waals surface area contributed by atoms with Crippen molar-refractivity contribution in [3.63, 3.8) is 0 Å². The van der Waals surface area contributed by atoms with Crippen molar-refractivity contribution in [1.29, 1.82) is 0 Å². The molecule has 0 bridgehead atoms. The van der Waals surface area contributed by atoms with Crippen LogP contribution in [0.2, 0.25) is 5.02 Å². The molecule has 0 aliphatic carbocycles. The number of anilines is 1. The zero-order chi connectivity index (χ0) is 22.9. The van der Waals surface area contributed by atoms with Crippen molar-refractivity contribution >= 4 is 40.2 Å². The maximum absolute atomic E-state index is 14.0. The highest BCUT2D eigenvalue weighted by Crippen LogP contribution is 2.39. The molecule has 5 nitrogen and oxygen atoms in total. The molecule has 1 aromatic heterocycles. The molecule has 0 saturated carbocycles. The summed E-state index contributed by atoms with van der Waals surface area (Å²) in [5.41, 5.74) is 3.90. The molecular weight excluding hydrogens is 459 g/mol. The third-order valence-corrected chi connectivity index (χ3v) is 6.00. The molecule has 3 aromatic carbocycles. The van der Waals surface area contributed by atoms with Gasteiger partial charge in [-0.25, -0.2) is 4.39 Å². The summed E-state index contributed by atoms with van der Waals surface area (Å²) < 4.78 is 19.7. The standard InChI is InChI=1S/C25H18ClFN4OS/c1-15-21(24-29-23(30-32-24)17-10-12-18(26)13-11-17)22(16-6-3-2-4-7-16)28-25(33)31(15)20-9-5-8-19(27)14-20/h2-14,22H,1H3,(H,28,33). The summed E-state index contributed by atoms with van der Waals surface area (Å²) in [5.74, 6) is 0.444. The Bertz CT molecular complexity index is 1350. The normalized spacial score (nSPS) is 16.2. The Morgan fingerprint density at radius 1 is 1.03 bits per heavy atom. The van der Waals surface area contributed by atoms with Crippen molar-refractivity contribution in [1.82, 2.24) is 15.5 Å². The van der Waals surface area contributed by atoms with E-state index in [1.807, 2.05) is 49.4 Å². The quantitative estimate of drug-likeness (QED) is 0.344. The van der Waals surface area contributed by atoms with Gasteiger partial charge in [0.05, 0.1) is 17.3 Å². The van der Waals surface area contributed by atoms with E-state index >= 15 is 0 Å². The van der Waals surface area contributed by atoms with Gasteiger partial charge < -0.3 is 9.84 Å². The van der Waals surface area contributed by atoms with Gasteiger partial charge in [0.25, 0.3) is 5.89 Å². The van der Waals surface area contributed by atoms with E-state index < -0.39 is 0 Å². The second-order valence-electron chi connectivity index (χ2n) is 7.54. The summed E-state index contributed by atoms with van der Waals surface area (Å²) in [6.07, 6.45) is 0. The fraction of sp³-hybridized carbons (Fsp3) is 0.0800. The second-order valence-corrected chi connectivity index (χ2v) is 8.36. The molecule has 0 amide bonds. The van der Waals surface area contributed by atoms with Crippen molar-refractivity contribution < 1.29 is 8.91 Å². The predicted molar refractivity (Wildman–Crippen MR) is 131 cm³/mol. The van der Waals surface area contributed by atoms with Crippen LogP contribution in [-0.4, -0.2) is 15.3 Å². The van der Waals surface area contributed by atoms with Crippen molar-refractivity contribution in [2.75, 3.05) is 4.90 Å². The molecule has 1 atom stereocenters. The van der Waals surface area contributed by atoms with Crippen LogP contribution in [0.3, 0.4) is 0 Å². The minimum atomic E-state index is -0.349. The summed E-state index contributed by atoms with van der Waals surface area (Å²) in [6, 6.07) is 23.0. The molecule has 1 aliphatic heterocycles. The van der Waals surface area contributed by atoms with Crippen LogP contribution in [-0.2, 0) is 0 Å². The lowest BCUT2D eigenvalue weighted by molar-refractivity contribution is 0.404. The summed E-state index contributed by atoms with van der Waals surface area (Å²) >= 11 is 11.7. The van der Waals surface area contributed by atoms with Crippen LogP contribution >= 0.6 is 23.8 Å². The molecule has 164 valence electrons. The number of halogens is 2. The fourth-order valence-electron chi connectivity index (χ4n) is 3.89. The maximum atomic E-state index is 14.0. The van der Waals surface area contributed by atoms with Crippen molar-refractivity contribution in [2.45, 2.75) is 13.0 Å². The van der Waals surface area contributed by atoms with E-state index in [1.165, 1.54) is 12.1 Å². The van der Waals surface area contributed by atoms with E-state index in [0.717, 1.165) is 22.4 Å². The minimum absolute atomic E-state index is 0.318. The van der Waals surface area contributed by atoms with Crippen molar-refractivity contribution in [3.05, 3.63) is 107 Å². The second kappa shape index (κ2) is 8.77. The monoisotopic (exact) mass is 476 g/mol. The van der Waals surface area contributed by atoms with Crippen LogP contribution < -0.4 is 10.2 Å². The van der Waals surface area contributed by atoms with Gasteiger partial charge in [0.1, 0.15) is 5.82 Å². The number of hydrogen-bond acceptors (Lipinski definition) is 4. The highest BCUT2D eigenvalue weighted by molar-refractivity contribution is 7.80. The van der Waals surface area contributed by atoms with Gasteiger partial charge in [-0.15, -0.1) is 0 Å². The Kier molecular flexibility index (Phi) is 5.66. The van der Waals surface area contributed by atoms with Gasteiger partial charge in [-0.3, -0.25) is 4.90 Å². The van der Waals surface area contributed by atoms with E-state index in [9.17, 15) is 4.39 Å². The maximum Gasteiger partial charge on any atom is 0.258 e. The van der Waals surface area contributed by atoms with Crippen LogP contribution in [0.15, 0.2) is 89.1 Å². The molecule has 2 heterocycles.